The van der Waals surface area contributed by atoms with E-state index < -0.39 is 0 Å². The van der Waals surface area contributed by atoms with Gasteiger partial charge in [-0.3, -0.25) is 4.79 Å². The molecule has 0 saturated carbocycles. The lowest BCUT2D eigenvalue weighted by Crippen LogP contribution is -2.45. The van der Waals surface area contributed by atoms with Crippen LogP contribution in [0.2, 0.25) is 0 Å². The number of nitrogens with two attached hydrogens (primary N) is 1. The average Bonchev–Trinajstić information content (AvgIpc) is 2.38. The van der Waals surface area contributed by atoms with E-state index in [1.807, 2.05) is 4.90 Å². The zero-order chi connectivity index (χ0) is 13.0. The number of hydrogen-bond acceptors (Lipinski definition) is 3. The molecule has 0 aromatic carbocycles. The van der Waals surface area contributed by atoms with Gasteiger partial charge in [0.05, 0.1) is 0 Å². The molecule has 18 heavy (non-hydrogen) atoms. The number of likely N-dealkylation sites (tertiary alicyclic amines) is 2. The zero-order valence-electron chi connectivity index (χ0n) is 11.6. The fourth-order valence-corrected chi connectivity index (χ4v) is 3.04. The van der Waals surface area contributed by atoms with Crippen LogP contribution in [0.3, 0.4) is 0 Å². The van der Waals surface area contributed by atoms with Crippen molar-refractivity contribution in [1.29, 1.82) is 0 Å². The van der Waals surface area contributed by atoms with Crippen LogP contribution >= 0.6 is 0 Å². The third-order valence-corrected chi connectivity index (χ3v) is 4.45. The molecule has 1 atom stereocenters. The van der Waals surface area contributed by atoms with Crippen molar-refractivity contribution in [3.8, 4) is 0 Å². The fraction of sp³-hybridized carbons (Fsp3) is 0.929. The Morgan fingerprint density at radius 2 is 1.89 bits per heavy atom. The topological polar surface area (TPSA) is 49.6 Å². The Morgan fingerprint density at radius 1 is 1.17 bits per heavy atom. The minimum atomic E-state index is 0.302. The van der Waals surface area contributed by atoms with Gasteiger partial charge in [0.2, 0.25) is 5.91 Å². The molecular weight excluding hydrogens is 226 g/mol. The average molecular weight is 253 g/mol. The second-order valence-electron chi connectivity index (χ2n) is 5.85. The van der Waals surface area contributed by atoms with Crippen molar-refractivity contribution in [2.45, 2.75) is 57.5 Å². The minimum absolute atomic E-state index is 0.302. The van der Waals surface area contributed by atoms with Crippen LogP contribution in [0.1, 0.15) is 45.4 Å². The maximum Gasteiger partial charge on any atom is 0.223 e. The van der Waals surface area contributed by atoms with Gasteiger partial charge >= 0.3 is 0 Å². The number of hydrogen-bond donors (Lipinski definition) is 1. The molecule has 104 valence electrons. The number of amides is 1. The molecule has 2 rings (SSSR count). The van der Waals surface area contributed by atoms with Crippen LogP contribution in [0.5, 0.6) is 0 Å². The summed E-state index contributed by atoms with van der Waals surface area (Å²) in [5.41, 5.74) is 5.86. The summed E-state index contributed by atoms with van der Waals surface area (Å²) in [4.78, 5) is 16.6. The number of piperidine rings is 2. The normalized spacial score (nSPS) is 27.4. The zero-order valence-corrected chi connectivity index (χ0v) is 11.6. The van der Waals surface area contributed by atoms with Gasteiger partial charge in [-0.25, -0.2) is 0 Å². The van der Waals surface area contributed by atoms with E-state index >= 15 is 0 Å². The van der Waals surface area contributed by atoms with Crippen LogP contribution in [0.25, 0.3) is 0 Å². The van der Waals surface area contributed by atoms with Crippen molar-refractivity contribution >= 4 is 5.91 Å². The van der Waals surface area contributed by atoms with Crippen molar-refractivity contribution in [3.05, 3.63) is 0 Å². The maximum atomic E-state index is 12.1. The van der Waals surface area contributed by atoms with Gasteiger partial charge < -0.3 is 15.5 Å². The molecule has 1 amide bonds. The molecule has 4 nitrogen and oxygen atoms in total. The minimum Gasteiger partial charge on any atom is -0.343 e. The molecule has 4 heteroatoms. The predicted molar refractivity (Wildman–Crippen MR) is 73.3 cm³/mol. The molecule has 0 aromatic heterocycles. The second kappa shape index (κ2) is 6.53. The van der Waals surface area contributed by atoms with Gasteiger partial charge in [0.1, 0.15) is 0 Å². The molecule has 2 heterocycles. The first-order valence-corrected chi connectivity index (χ1v) is 7.44. The van der Waals surface area contributed by atoms with Crippen LogP contribution in [0.15, 0.2) is 0 Å². The first-order chi connectivity index (χ1) is 8.66. The van der Waals surface area contributed by atoms with Crippen LogP contribution < -0.4 is 5.73 Å². The van der Waals surface area contributed by atoms with Gasteiger partial charge in [-0.05, 0) is 39.2 Å². The third-order valence-electron chi connectivity index (χ3n) is 4.45. The third kappa shape index (κ3) is 3.69. The van der Waals surface area contributed by atoms with Crippen molar-refractivity contribution in [2.75, 3.05) is 26.2 Å². The smallest absolute Gasteiger partial charge is 0.223 e. The Morgan fingerprint density at radius 3 is 2.56 bits per heavy atom. The summed E-state index contributed by atoms with van der Waals surface area (Å²) in [6.07, 6.45) is 6.52. The van der Waals surface area contributed by atoms with Gasteiger partial charge in [0.25, 0.3) is 0 Å². The number of nitrogens with zero attached hydrogens (tertiary/aromatic N) is 2. The van der Waals surface area contributed by atoms with Gasteiger partial charge in [-0.15, -0.1) is 0 Å². The Labute approximate surface area is 110 Å². The van der Waals surface area contributed by atoms with Gasteiger partial charge in [0, 0.05) is 38.1 Å². The molecule has 0 aromatic rings. The van der Waals surface area contributed by atoms with E-state index in [2.05, 4.69) is 11.8 Å². The van der Waals surface area contributed by atoms with Crippen molar-refractivity contribution < 1.29 is 4.79 Å². The van der Waals surface area contributed by atoms with Crippen molar-refractivity contribution in [2.24, 2.45) is 5.73 Å². The second-order valence-corrected chi connectivity index (χ2v) is 5.85. The maximum absolute atomic E-state index is 12.1. The Balaban J connectivity index is 1.70. The molecule has 1 unspecified atom stereocenters. The first kappa shape index (κ1) is 13.8. The standard InChI is InChI=1S/C14H27N3O/c1-12-4-2-3-8-16(12)11-7-14(18)17-9-5-13(15)6-10-17/h12-13H,2-11,15H2,1H3. The van der Waals surface area contributed by atoms with E-state index in [-0.39, 0.29) is 0 Å². The van der Waals surface area contributed by atoms with E-state index in [4.69, 9.17) is 5.73 Å². The summed E-state index contributed by atoms with van der Waals surface area (Å²) in [7, 11) is 0. The van der Waals surface area contributed by atoms with Gasteiger partial charge in [-0.2, -0.15) is 0 Å². The molecule has 2 fully saturated rings. The SMILES string of the molecule is CC1CCCCN1CCC(=O)N1CCC(N)CC1. The number of carbonyl (C=O) groups is 1. The fourth-order valence-electron chi connectivity index (χ4n) is 3.04. The van der Waals surface area contributed by atoms with Crippen molar-refractivity contribution in [1.82, 2.24) is 9.80 Å². The highest BCUT2D eigenvalue weighted by Gasteiger charge is 2.23. The van der Waals surface area contributed by atoms with E-state index in [1.165, 1.54) is 25.8 Å². The highest BCUT2D eigenvalue weighted by atomic mass is 16.2. The summed E-state index contributed by atoms with van der Waals surface area (Å²) in [6.45, 7) is 6.09. The van der Waals surface area contributed by atoms with E-state index in [0.29, 0.717) is 24.4 Å². The van der Waals surface area contributed by atoms with Gasteiger partial charge in [0.15, 0.2) is 0 Å². The molecule has 2 N–H and O–H groups in total. The lowest BCUT2D eigenvalue weighted by Gasteiger charge is -2.34. The summed E-state index contributed by atoms with van der Waals surface area (Å²) in [6, 6.07) is 0.956. The Bertz CT molecular complexity index is 274. The monoisotopic (exact) mass is 253 g/mol. The van der Waals surface area contributed by atoms with E-state index in [1.54, 1.807) is 0 Å². The lowest BCUT2D eigenvalue weighted by atomic mass is 10.0. The Hall–Kier alpha value is -0.610. The molecular formula is C14H27N3O. The largest absolute Gasteiger partial charge is 0.343 e. The summed E-state index contributed by atoms with van der Waals surface area (Å²) in [5, 5.41) is 0. The molecule has 2 aliphatic heterocycles. The summed E-state index contributed by atoms with van der Waals surface area (Å²) >= 11 is 0. The van der Waals surface area contributed by atoms with Crippen LogP contribution in [-0.4, -0.2) is 54.0 Å². The number of carbonyl (C=O) groups excluding carboxylic acids is 1. The molecule has 0 radical (unpaired) electrons. The van der Waals surface area contributed by atoms with Crippen LogP contribution in [-0.2, 0) is 4.79 Å². The quantitative estimate of drug-likeness (QED) is 0.822. The highest BCUT2D eigenvalue weighted by Crippen LogP contribution is 2.17. The first-order valence-electron chi connectivity index (χ1n) is 7.44. The van der Waals surface area contributed by atoms with E-state index in [0.717, 1.165) is 32.5 Å². The molecule has 2 saturated heterocycles. The van der Waals surface area contributed by atoms with Crippen LogP contribution in [0, 0.1) is 0 Å². The lowest BCUT2D eigenvalue weighted by molar-refractivity contribution is -0.132. The number of rotatable bonds is 3. The van der Waals surface area contributed by atoms with Gasteiger partial charge in [-0.1, -0.05) is 6.42 Å². The van der Waals surface area contributed by atoms with Crippen LogP contribution in [0.4, 0.5) is 0 Å². The molecule has 0 aliphatic carbocycles. The van der Waals surface area contributed by atoms with E-state index in [9.17, 15) is 4.79 Å². The highest BCUT2D eigenvalue weighted by molar-refractivity contribution is 5.76. The molecule has 0 spiro atoms. The summed E-state index contributed by atoms with van der Waals surface area (Å²) in [5.74, 6) is 0.319. The molecule has 2 aliphatic rings. The molecule has 0 bridgehead atoms. The Kier molecular flexibility index (Phi) is 5.01. The van der Waals surface area contributed by atoms with Crippen molar-refractivity contribution in [3.63, 3.8) is 0 Å². The summed E-state index contributed by atoms with van der Waals surface area (Å²) < 4.78 is 0. The predicted octanol–water partition coefficient (Wildman–Crippen LogP) is 1.20.